The van der Waals surface area contributed by atoms with Gasteiger partial charge in [-0.1, -0.05) is 19.8 Å². The van der Waals surface area contributed by atoms with Gasteiger partial charge in [0.1, 0.15) is 23.0 Å². The molecule has 0 atom stereocenters. The average Bonchev–Trinajstić information content (AvgIpc) is 2.99. The van der Waals surface area contributed by atoms with Gasteiger partial charge < -0.3 is 9.52 Å². The van der Waals surface area contributed by atoms with Gasteiger partial charge in [0, 0.05) is 18.7 Å². The standard InChI is InChI=1S/C13H21NO4S/c1-3-14(11-6-4-5-7-11)19(16,17)13-8-12(9-15)18-10(13)2/h8,11,15H,3-7,9H2,1-2H3. The Bertz CT molecular complexity index is 529. The van der Waals surface area contributed by atoms with Crippen LogP contribution in [0.3, 0.4) is 0 Å². The van der Waals surface area contributed by atoms with Gasteiger partial charge in [0.05, 0.1) is 0 Å². The van der Waals surface area contributed by atoms with Crippen molar-refractivity contribution in [2.45, 2.75) is 57.1 Å². The fourth-order valence-electron chi connectivity index (χ4n) is 2.80. The summed E-state index contributed by atoms with van der Waals surface area (Å²) < 4.78 is 32.2. The Morgan fingerprint density at radius 3 is 2.53 bits per heavy atom. The minimum atomic E-state index is -3.53. The predicted molar refractivity (Wildman–Crippen MR) is 71.2 cm³/mol. The van der Waals surface area contributed by atoms with Crippen LogP contribution in [0.25, 0.3) is 0 Å². The van der Waals surface area contributed by atoms with Crippen molar-refractivity contribution in [2.24, 2.45) is 0 Å². The highest BCUT2D eigenvalue weighted by Gasteiger charge is 2.34. The number of hydrogen-bond donors (Lipinski definition) is 1. The minimum Gasteiger partial charge on any atom is -0.462 e. The lowest BCUT2D eigenvalue weighted by Gasteiger charge is -2.26. The van der Waals surface area contributed by atoms with E-state index in [1.807, 2.05) is 6.92 Å². The molecule has 0 saturated heterocycles. The lowest BCUT2D eigenvalue weighted by molar-refractivity contribution is 0.244. The Balaban J connectivity index is 2.36. The SMILES string of the molecule is CCN(C1CCCC1)S(=O)(=O)c1cc(CO)oc1C. The van der Waals surface area contributed by atoms with Crippen LogP contribution in [0.15, 0.2) is 15.4 Å². The van der Waals surface area contributed by atoms with Crippen LogP contribution >= 0.6 is 0 Å². The summed E-state index contributed by atoms with van der Waals surface area (Å²) in [7, 11) is -3.53. The van der Waals surface area contributed by atoms with Crippen molar-refractivity contribution < 1.29 is 17.9 Å². The molecular formula is C13H21NO4S. The van der Waals surface area contributed by atoms with Gasteiger partial charge in [-0.2, -0.15) is 4.31 Å². The molecule has 108 valence electrons. The second-order valence-corrected chi connectivity index (χ2v) is 6.80. The predicted octanol–water partition coefficient (Wildman–Crippen LogP) is 2.03. The Hall–Kier alpha value is -0.850. The number of nitrogens with zero attached hydrogens (tertiary/aromatic N) is 1. The highest BCUT2D eigenvalue weighted by Crippen LogP contribution is 2.30. The first-order valence-corrected chi connectivity index (χ1v) is 8.16. The first kappa shape index (κ1) is 14.6. The third kappa shape index (κ3) is 2.70. The van der Waals surface area contributed by atoms with Crippen molar-refractivity contribution in [3.63, 3.8) is 0 Å². The fourth-order valence-corrected chi connectivity index (χ4v) is 4.68. The summed E-state index contributed by atoms with van der Waals surface area (Å²) in [5, 5.41) is 9.05. The molecule has 1 heterocycles. The summed E-state index contributed by atoms with van der Waals surface area (Å²) in [6, 6.07) is 1.53. The molecule has 1 saturated carbocycles. The van der Waals surface area contributed by atoms with Crippen LogP contribution < -0.4 is 0 Å². The molecule has 1 aromatic rings. The number of aliphatic hydroxyl groups excluding tert-OH is 1. The quantitative estimate of drug-likeness (QED) is 0.899. The Morgan fingerprint density at radius 2 is 2.05 bits per heavy atom. The maximum absolute atomic E-state index is 12.7. The largest absolute Gasteiger partial charge is 0.462 e. The maximum Gasteiger partial charge on any atom is 0.246 e. The van der Waals surface area contributed by atoms with E-state index in [-0.39, 0.29) is 17.5 Å². The van der Waals surface area contributed by atoms with Gasteiger partial charge in [-0.15, -0.1) is 0 Å². The van der Waals surface area contributed by atoms with Crippen LogP contribution in [0.1, 0.15) is 44.1 Å². The van der Waals surface area contributed by atoms with Gasteiger partial charge in [0.25, 0.3) is 0 Å². The van der Waals surface area contributed by atoms with Crippen molar-refractivity contribution in [2.75, 3.05) is 6.54 Å². The summed E-state index contributed by atoms with van der Waals surface area (Å²) >= 11 is 0. The van der Waals surface area contributed by atoms with Crippen molar-refractivity contribution in [1.82, 2.24) is 4.31 Å². The number of sulfonamides is 1. The molecule has 0 unspecified atom stereocenters. The summed E-state index contributed by atoms with van der Waals surface area (Å²) in [5.41, 5.74) is 0. The molecule has 1 aliphatic carbocycles. The lowest BCUT2D eigenvalue weighted by Crippen LogP contribution is -2.38. The third-order valence-corrected chi connectivity index (χ3v) is 5.84. The van der Waals surface area contributed by atoms with E-state index in [0.717, 1.165) is 25.7 Å². The molecule has 1 aromatic heterocycles. The van der Waals surface area contributed by atoms with E-state index in [1.165, 1.54) is 6.07 Å². The molecule has 1 aliphatic rings. The van der Waals surface area contributed by atoms with E-state index < -0.39 is 10.0 Å². The Kier molecular flexibility index (Phi) is 4.32. The highest BCUT2D eigenvalue weighted by molar-refractivity contribution is 7.89. The second-order valence-electron chi connectivity index (χ2n) is 4.94. The van der Waals surface area contributed by atoms with E-state index in [2.05, 4.69) is 0 Å². The van der Waals surface area contributed by atoms with Crippen molar-refractivity contribution in [3.8, 4) is 0 Å². The number of aryl methyl sites for hydroxylation is 1. The van der Waals surface area contributed by atoms with Crippen LogP contribution in [-0.4, -0.2) is 30.4 Å². The monoisotopic (exact) mass is 287 g/mol. The molecular weight excluding hydrogens is 266 g/mol. The van der Waals surface area contributed by atoms with Gasteiger partial charge in [-0.3, -0.25) is 0 Å². The first-order chi connectivity index (χ1) is 9.00. The van der Waals surface area contributed by atoms with Gasteiger partial charge in [0.15, 0.2) is 0 Å². The van der Waals surface area contributed by atoms with Crippen LogP contribution in [0, 0.1) is 6.92 Å². The number of aliphatic hydroxyl groups is 1. The number of furan rings is 1. The van der Waals surface area contributed by atoms with Gasteiger partial charge >= 0.3 is 0 Å². The van der Waals surface area contributed by atoms with E-state index in [0.29, 0.717) is 18.1 Å². The molecule has 5 nitrogen and oxygen atoms in total. The topological polar surface area (TPSA) is 70.8 Å². The molecule has 0 amide bonds. The van der Waals surface area contributed by atoms with Gasteiger partial charge in [-0.25, -0.2) is 8.42 Å². The van der Waals surface area contributed by atoms with Gasteiger partial charge in [-0.05, 0) is 19.8 Å². The molecule has 0 radical (unpaired) electrons. The molecule has 0 spiro atoms. The van der Waals surface area contributed by atoms with Crippen LogP contribution in [0.5, 0.6) is 0 Å². The van der Waals surface area contributed by atoms with Crippen LogP contribution in [0.4, 0.5) is 0 Å². The average molecular weight is 287 g/mol. The third-order valence-electron chi connectivity index (χ3n) is 3.71. The molecule has 0 aromatic carbocycles. The van der Waals surface area contributed by atoms with Gasteiger partial charge in [0.2, 0.25) is 10.0 Å². The van der Waals surface area contributed by atoms with Crippen LogP contribution in [-0.2, 0) is 16.6 Å². The van der Waals surface area contributed by atoms with E-state index >= 15 is 0 Å². The maximum atomic E-state index is 12.7. The summed E-state index contributed by atoms with van der Waals surface area (Å²) in [6.07, 6.45) is 4.03. The fraction of sp³-hybridized carbons (Fsp3) is 0.692. The molecule has 2 rings (SSSR count). The minimum absolute atomic E-state index is 0.0990. The first-order valence-electron chi connectivity index (χ1n) is 6.72. The molecule has 6 heteroatoms. The summed E-state index contributed by atoms with van der Waals surface area (Å²) in [6.45, 7) is 3.66. The Labute approximate surface area is 114 Å². The summed E-state index contributed by atoms with van der Waals surface area (Å²) in [5.74, 6) is 0.638. The van der Waals surface area contributed by atoms with Crippen LogP contribution in [0.2, 0.25) is 0 Å². The lowest BCUT2D eigenvalue weighted by atomic mass is 10.2. The van der Waals surface area contributed by atoms with Crippen molar-refractivity contribution in [1.29, 1.82) is 0 Å². The van der Waals surface area contributed by atoms with Crippen molar-refractivity contribution in [3.05, 3.63) is 17.6 Å². The number of rotatable bonds is 5. The second kappa shape index (κ2) is 5.64. The zero-order valence-corrected chi connectivity index (χ0v) is 12.2. The molecule has 1 fully saturated rings. The zero-order valence-electron chi connectivity index (χ0n) is 11.4. The Morgan fingerprint density at radius 1 is 1.42 bits per heavy atom. The molecule has 0 bridgehead atoms. The number of hydrogen-bond acceptors (Lipinski definition) is 4. The van der Waals surface area contributed by atoms with Crippen molar-refractivity contribution >= 4 is 10.0 Å². The molecule has 19 heavy (non-hydrogen) atoms. The zero-order chi connectivity index (χ0) is 14.0. The summed E-state index contributed by atoms with van der Waals surface area (Å²) in [4.78, 5) is 0.185. The smallest absolute Gasteiger partial charge is 0.246 e. The molecule has 1 N–H and O–H groups in total. The van der Waals surface area contributed by atoms with E-state index in [4.69, 9.17) is 9.52 Å². The normalized spacial score (nSPS) is 17.5. The molecule has 0 aliphatic heterocycles. The van der Waals surface area contributed by atoms with E-state index in [1.54, 1.807) is 11.2 Å². The highest BCUT2D eigenvalue weighted by atomic mass is 32.2. The van der Waals surface area contributed by atoms with E-state index in [9.17, 15) is 8.42 Å².